The zero-order valence-corrected chi connectivity index (χ0v) is 10.4. The van der Waals surface area contributed by atoms with E-state index >= 15 is 0 Å². The third kappa shape index (κ3) is 2.26. The van der Waals surface area contributed by atoms with Crippen molar-refractivity contribution in [1.82, 2.24) is 14.9 Å². The van der Waals surface area contributed by atoms with Gasteiger partial charge in [0, 0.05) is 17.5 Å². The van der Waals surface area contributed by atoms with Crippen molar-refractivity contribution in [2.75, 3.05) is 13.6 Å². The summed E-state index contributed by atoms with van der Waals surface area (Å²) < 4.78 is 1.56. The molecule has 1 aromatic carbocycles. The number of aromatic nitrogens is 2. The van der Waals surface area contributed by atoms with Gasteiger partial charge in [-0.05, 0) is 38.2 Å². The van der Waals surface area contributed by atoms with Gasteiger partial charge in [-0.25, -0.2) is 4.79 Å². The van der Waals surface area contributed by atoms with E-state index in [1.165, 1.54) is 0 Å². The van der Waals surface area contributed by atoms with Gasteiger partial charge in [0.05, 0.1) is 12.2 Å². The van der Waals surface area contributed by atoms with E-state index in [2.05, 4.69) is 10.3 Å². The van der Waals surface area contributed by atoms with E-state index in [0.717, 1.165) is 11.4 Å². The highest BCUT2D eigenvalue weighted by atomic mass is 16.1. The van der Waals surface area contributed by atoms with Crippen molar-refractivity contribution >= 4 is 5.78 Å². The summed E-state index contributed by atoms with van der Waals surface area (Å²) in [6, 6.07) is 7.00. The van der Waals surface area contributed by atoms with Gasteiger partial charge in [0.1, 0.15) is 0 Å². The Balaban J connectivity index is 2.34. The van der Waals surface area contributed by atoms with Gasteiger partial charge in [0.2, 0.25) is 0 Å². The van der Waals surface area contributed by atoms with E-state index in [4.69, 9.17) is 0 Å². The second-order valence-electron chi connectivity index (χ2n) is 4.07. The van der Waals surface area contributed by atoms with Crippen molar-refractivity contribution in [1.29, 1.82) is 0 Å². The predicted molar refractivity (Wildman–Crippen MR) is 69.4 cm³/mol. The molecule has 0 bridgehead atoms. The molecule has 0 radical (unpaired) electrons. The van der Waals surface area contributed by atoms with Crippen LogP contribution in [0.15, 0.2) is 35.3 Å². The van der Waals surface area contributed by atoms with Crippen molar-refractivity contribution in [3.05, 3.63) is 52.2 Å². The number of benzene rings is 1. The molecule has 0 unspecified atom stereocenters. The van der Waals surface area contributed by atoms with E-state index in [0.29, 0.717) is 12.1 Å². The normalized spacial score (nSPS) is 10.6. The Kier molecular flexibility index (Phi) is 3.43. The van der Waals surface area contributed by atoms with Crippen LogP contribution in [0.2, 0.25) is 0 Å². The molecule has 0 amide bonds. The second-order valence-corrected chi connectivity index (χ2v) is 4.07. The lowest BCUT2D eigenvalue weighted by Gasteiger charge is -2.05. The molecule has 0 spiro atoms. The number of rotatable bonds is 4. The fourth-order valence-corrected chi connectivity index (χ4v) is 1.84. The highest BCUT2D eigenvalue weighted by Crippen LogP contribution is 2.10. The number of aromatic amines is 1. The molecule has 0 atom stereocenters. The van der Waals surface area contributed by atoms with Gasteiger partial charge in [0.15, 0.2) is 5.78 Å². The Labute approximate surface area is 104 Å². The number of carbonyl (C=O) groups is 1. The summed E-state index contributed by atoms with van der Waals surface area (Å²) in [6.45, 7) is 2.15. The Morgan fingerprint density at radius 2 is 2.00 bits per heavy atom. The lowest BCUT2D eigenvalue weighted by atomic mass is 10.1. The number of nitrogens with one attached hydrogen (secondary N) is 2. The number of hydrogen-bond donors (Lipinski definition) is 2. The van der Waals surface area contributed by atoms with Gasteiger partial charge in [-0.15, -0.1) is 0 Å². The molecule has 0 fully saturated rings. The standard InChI is InChI=1S/C13H15N3O2/c1-9-7-15-13(18)16(9)11-5-3-10(4-6-11)12(17)8-14-2/h3-7,14H,8H2,1-2H3,(H,15,18). The van der Waals surface area contributed by atoms with Crippen molar-refractivity contribution in [2.24, 2.45) is 0 Å². The first kappa shape index (κ1) is 12.3. The first-order chi connectivity index (χ1) is 8.63. The third-order valence-electron chi connectivity index (χ3n) is 2.75. The maximum absolute atomic E-state index is 11.6. The largest absolute Gasteiger partial charge is 0.330 e. The van der Waals surface area contributed by atoms with E-state index in [-0.39, 0.29) is 11.5 Å². The van der Waals surface area contributed by atoms with Crippen molar-refractivity contribution in [2.45, 2.75) is 6.92 Å². The fourth-order valence-electron chi connectivity index (χ4n) is 1.84. The minimum absolute atomic E-state index is 0.0298. The average molecular weight is 245 g/mol. The molecule has 5 heteroatoms. The second kappa shape index (κ2) is 5.01. The molecule has 2 aromatic rings. The number of hydrogen-bond acceptors (Lipinski definition) is 3. The van der Waals surface area contributed by atoms with Crippen LogP contribution >= 0.6 is 0 Å². The lowest BCUT2D eigenvalue weighted by molar-refractivity contribution is 0.0993. The van der Waals surface area contributed by atoms with Crippen LogP contribution in [0.5, 0.6) is 0 Å². The molecule has 1 heterocycles. The highest BCUT2D eigenvalue weighted by molar-refractivity contribution is 5.97. The van der Waals surface area contributed by atoms with E-state index < -0.39 is 0 Å². The lowest BCUT2D eigenvalue weighted by Crippen LogP contribution is -2.19. The van der Waals surface area contributed by atoms with Crippen LogP contribution < -0.4 is 11.0 Å². The zero-order valence-electron chi connectivity index (χ0n) is 10.4. The molecule has 5 nitrogen and oxygen atoms in total. The summed E-state index contributed by atoms with van der Waals surface area (Å²) in [4.78, 5) is 25.9. The number of H-pyrrole nitrogens is 1. The molecule has 1 aromatic heterocycles. The molecule has 2 N–H and O–H groups in total. The van der Waals surface area contributed by atoms with Gasteiger partial charge >= 0.3 is 5.69 Å². The van der Waals surface area contributed by atoms with Crippen molar-refractivity contribution < 1.29 is 4.79 Å². The maximum atomic E-state index is 11.6. The molecule has 0 aliphatic heterocycles. The molecule has 0 saturated heterocycles. The SMILES string of the molecule is CNCC(=O)c1ccc(-n2c(C)c[nH]c2=O)cc1. The molecule has 0 saturated carbocycles. The smallest absolute Gasteiger partial charge is 0.313 e. The number of aryl methyl sites for hydroxylation is 1. The molecule has 0 aliphatic carbocycles. The number of carbonyl (C=O) groups excluding carboxylic acids is 1. The Bertz CT molecular complexity index is 608. The summed E-state index contributed by atoms with van der Waals surface area (Å²) in [7, 11) is 1.73. The molecular weight excluding hydrogens is 230 g/mol. The van der Waals surface area contributed by atoms with Crippen LogP contribution in [0.1, 0.15) is 16.1 Å². The topological polar surface area (TPSA) is 66.9 Å². The minimum Gasteiger partial charge on any atom is -0.313 e. The van der Waals surface area contributed by atoms with Crippen molar-refractivity contribution in [3.63, 3.8) is 0 Å². The summed E-state index contributed by atoms with van der Waals surface area (Å²) >= 11 is 0. The summed E-state index contributed by atoms with van der Waals surface area (Å²) in [5.74, 6) is 0.0298. The molecule has 18 heavy (non-hydrogen) atoms. The van der Waals surface area contributed by atoms with Gasteiger partial charge < -0.3 is 10.3 Å². The van der Waals surface area contributed by atoms with Crippen LogP contribution in [0.4, 0.5) is 0 Å². The van der Waals surface area contributed by atoms with Crippen LogP contribution in [0.25, 0.3) is 5.69 Å². The molecule has 0 aliphatic rings. The Hall–Kier alpha value is -2.14. The van der Waals surface area contributed by atoms with E-state index in [1.54, 1.807) is 42.1 Å². The fraction of sp³-hybridized carbons (Fsp3) is 0.231. The average Bonchev–Trinajstić information content (AvgIpc) is 2.70. The van der Waals surface area contributed by atoms with Crippen LogP contribution in [-0.4, -0.2) is 28.9 Å². The zero-order chi connectivity index (χ0) is 13.1. The van der Waals surface area contributed by atoms with E-state index in [1.807, 2.05) is 6.92 Å². The van der Waals surface area contributed by atoms with Crippen LogP contribution in [0, 0.1) is 6.92 Å². The molecular formula is C13H15N3O2. The number of ketones is 1. The first-order valence-corrected chi connectivity index (χ1v) is 5.68. The number of nitrogens with zero attached hydrogens (tertiary/aromatic N) is 1. The van der Waals surface area contributed by atoms with E-state index in [9.17, 15) is 9.59 Å². The number of imidazole rings is 1. The maximum Gasteiger partial charge on any atom is 0.330 e. The van der Waals surface area contributed by atoms with Crippen LogP contribution in [0.3, 0.4) is 0 Å². The summed E-state index contributed by atoms with van der Waals surface area (Å²) in [5, 5.41) is 2.82. The monoisotopic (exact) mass is 245 g/mol. The quantitative estimate of drug-likeness (QED) is 0.786. The van der Waals surface area contributed by atoms with Gasteiger partial charge in [0.25, 0.3) is 0 Å². The number of Topliss-reactive ketones (excluding diaryl/α,β-unsaturated/α-hetero) is 1. The van der Waals surface area contributed by atoms with Crippen molar-refractivity contribution in [3.8, 4) is 5.69 Å². The Morgan fingerprint density at radius 1 is 1.33 bits per heavy atom. The van der Waals surface area contributed by atoms with Gasteiger partial charge in [-0.2, -0.15) is 0 Å². The highest BCUT2D eigenvalue weighted by Gasteiger charge is 2.07. The minimum atomic E-state index is -0.179. The molecule has 2 rings (SSSR count). The number of likely N-dealkylation sites (N-methyl/N-ethyl adjacent to an activating group) is 1. The first-order valence-electron chi connectivity index (χ1n) is 5.68. The summed E-state index contributed by atoms with van der Waals surface area (Å²) in [6.07, 6.45) is 1.66. The van der Waals surface area contributed by atoms with Gasteiger partial charge in [-0.3, -0.25) is 9.36 Å². The molecule has 94 valence electrons. The predicted octanol–water partition coefficient (Wildman–Crippen LogP) is 0.876. The summed E-state index contributed by atoms with van der Waals surface area (Å²) in [5.41, 5.74) is 2.03. The third-order valence-corrected chi connectivity index (χ3v) is 2.75. The van der Waals surface area contributed by atoms with Gasteiger partial charge in [-0.1, -0.05) is 0 Å². The Morgan fingerprint density at radius 3 is 2.50 bits per heavy atom. The van der Waals surface area contributed by atoms with Crippen LogP contribution in [-0.2, 0) is 0 Å².